The molecule has 0 aliphatic rings. The fourth-order valence-electron chi connectivity index (χ4n) is 3.57. The minimum Gasteiger partial charge on any atom is -0.321 e. The lowest BCUT2D eigenvalue weighted by molar-refractivity contribution is -0.556. The highest BCUT2D eigenvalue weighted by Crippen LogP contribution is 2.29. The number of nitrogens with two attached hydrogens (primary N) is 1. The van der Waals surface area contributed by atoms with E-state index in [1.165, 1.54) is 0 Å². The van der Waals surface area contributed by atoms with Crippen LogP contribution >= 0.6 is 0 Å². The second-order valence-corrected chi connectivity index (χ2v) is 6.82. The molecule has 4 rings (SSSR count). The van der Waals surface area contributed by atoms with Gasteiger partial charge in [-0.15, -0.1) is 0 Å². The number of rotatable bonds is 5. The zero-order chi connectivity index (χ0) is 19.7. The molecule has 2 aromatic heterocycles. The number of imidazole rings is 1. The topological polar surface area (TPSA) is 79.3 Å². The number of benzene rings is 2. The number of aromatic nitrogens is 3. The van der Waals surface area contributed by atoms with Crippen molar-refractivity contribution in [1.82, 2.24) is 19.9 Å². The predicted octanol–water partition coefficient (Wildman–Crippen LogP) is 2.14. The highest BCUT2D eigenvalue weighted by atomic mass is 16.1. The third-order valence-corrected chi connectivity index (χ3v) is 5.09. The van der Waals surface area contributed by atoms with E-state index in [2.05, 4.69) is 39.6 Å². The molecule has 0 amide bonds. The average molecular weight is 374 g/mol. The van der Waals surface area contributed by atoms with Crippen molar-refractivity contribution in [1.29, 1.82) is 0 Å². The minimum absolute atomic E-state index is 0.00780. The summed E-state index contributed by atoms with van der Waals surface area (Å²) < 4.78 is 1.76. The molecule has 0 radical (unpaired) electrons. The number of pyridine rings is 1. The highest BCUT2D eigenvalue weighted by Gasteiger charge is 2.19. The maximum atomic E-state index is 12.9. The van der Waals surface area contributed by atoms with Crippen LogP contribution in [0, 0.1) is 0 Å². The lowest BCUT2D eigenvalue weighted by Crippen LogP contribution is -2.73. The number of aromatic amines is 1. The summed E-state index contributed by atoms with van der Waals surface area (Å²) in [6.45, 7) is 2.04. The Morgan fingerprint density at radius 1 is 1.21 bits per heavy atom. The first-order valence-corrected chi connectivity index (χ1v) is 9.40. The van der Waals surface area contributed by atoms with E-state index in [9.17, 15) is 4.79 Å². The summed E-state index contributed by atoms with van der Waals surface area (Å²) in [5, 5.41) is 6.14. The Morgan fingerprint density at radius 3 is 2.71 bits per heavy atom. The summed E-state index contributed by atoms with van der Waals surface area (Å²) in [5.74, 6) is 0. The van der Waals surface area contributed by atoms with E-state index in [-0.39, 0.29) is 11.7 Å². The van der Waals surface area contributed by atoms with Gasteiger partial charge < -0.3 is 15.6 Å². The number of quaternary nitrogens is 1. The van der Waals surface area contributed by atoms with Gasteiger partial charge in [-0.05, 0) is 37.2 Å². The van der Waals surface area contributed by atoms with Crippen LogP contribution in [-0.4, -0.2) is 34.7 Å². The molecule has 1 unspecified atom stereocenters. The largest absolute Gasteiger partial charge is 0.331 e. The van der Waals surface area contributed by atoms with Gasteiger partial charge in [0, 0.05) is 5.39 Å². The average Bonchev–Trinajstić information content (AvgIpc) is 3.07. The number of hydrogen-bond acceptors (Lipinski definition) is 3. The Morgan fingerprint density at radius 2 is 2.00 bits per heavy atom. The maximum absolute atomic E-state index is 12.9. The summed E-state index contributed by atoms with van der Waals surface area (Å²) in [6.07, 6.45) is 3.71. The van der Waals surface area contributed by atoms with Crippen LogP contribution in [0.4, 0.5) is 0 Å². The van der Waals surface area contributed by atoms with Crippen molar-refractivity contribution in [3.8, 4) is 11.1 Å². The number of nitrogens with zero attached hydrogens (tertiary/aromatic N) is 2. The SMILES string of the molecule is CNC(C)C(=C[NH2+]C)n1c(=O)[nH]c2cnc3ccc(-c4ccccc4)cc3c21. The molecule has 142 valence electrons. The first-order valence-electron chi connectivity index (χ1n) is 9.40. The van der Waals surface area contributed by atoms with Crippen molar-refractivity contribution in [2.45, 2.75) is 13.0 Å². The molecule has 2 aromatic carbocycles. The number of H-pyrrole nitrogens is 1. The van der Waals surface area contributed by atoms with E-state index in [1.54, 1.807) is 10.8 Å². The molecule has 6 heteroatoms. The van der Waals surface area contributed by atoms with Crippen molar-refractivity contribution in [2.24, 2.45) is 0 Å². The molecule has 4 N–H and O–H groups in total. The van der Waals surface area contributed by atoms with Crippen LogP contribution in [0.1, 0.15) is 6.92 Å². The van der Waals surface area contributed by atoms with Crippen LogP contribution in [0.5, 0.6) is 0 Å². The zero-order valence-corrected chi connectivity index (χ0v) is 16.2. The molecule has 28 heavy (non-hydrogen) atoms. The quantitative estimate of drug-likeness (QED) is 0.501. The molecular weight excluding hydrogens is 350 g/mol. The van der Waals surface area contributed by atoms with Gasteiger partial charge in [-0.2, -0.15) is 0 Å². The lowest BCUT2D eigenvalue weighted by Gasteiger charge is -2.15. The van der Waals surface area contributed by atoms with Crippen LogP contribution in [0.25, 0.3) is 38.8 Å². The van der Waals surface area contributed by atoms with Gasteiger partial charge in [0.1, 0.15) is 6.20 Å². The highest BCUT2D eigenvalue weighted by molar-refractivity contribution is 6.05. The predicted molar refractivity (Wildman–Crippen MR) is 114 cm³/mol. The van der Waals surface area contributed by atoms with Gasteiger partial charge in [-0.1, -0.05) is 36.4 Å². The molecule has 2 heterocycles. The molecule has 0 saturated heterocycles. The monoisotopic (exact) mass is 374 g/mol. The van der Waals surface area contributed by atoms with E-state index >= 15 is 0 Å². The van der Waals surface area contributed by atoms with Crippen LogP contribution in [0.15, 0.2) is 65.7 Å². The van der Waals surface area contributed by atoms with E-state index < -0.39 is 0 Å². The molecule has 0 aliphatic carbocycles. The molecule has 0 aliphatic heterocycles. The fraction of sp³-hybridized carbons (Fsp3) is 0.182. The van der Waals surface area contributed by atoms with E-state index in [4.69, 9.17) is 0 Å². The summed E-state index contributed by atoms with van der Waals surface area (Å²) in [5.41, 5.74) is 5.39. The number of hydrogen-bond donors (Lipinski definition) is 3. The second-order valence-electron chi connectivity index (χ2n) is 6.82. The summed E-state index contributed by atoms with van der Waals surface area (Å²) >= 11 is 0. The summed E-state index contributed by atoms with van der Waals surface area (Å²) in [7, 11) is 3.84. The molecule has 0 spiro atoms. The van der Waals surface area contributed by atoms with E-state index in [0.29, 0.717) is 0 Å². The Hall–Kier alpha value is -3.22. The van der Waals surface area contributed by atoms with Gasteiger partial charge in [-0.3, -0.25) is 9.55 Å². The molecule has 0 saturated carbocycles. The Bertz CT molecular complexity index is 1220. The van der Waals surface area contributed by atoms with Gasteiger partial charge in [0.2, 0.25) is 0 Å². The molecule has 0 bridgehead atoms. The van der Waals surface area contributed by atoms with Gasteiger partial charge in [0.25, 0.3) is 0 Å². The van der Waals surface area contributed by atoms with Gasteiger partial charge >= 0.3 is 5.69 Å². The lowest BCUT2D eigenvalue weighted by atomic mass is 10.0. The molecule has 0 fully saturated rings. The van der Waals surface area contributed by atoms with Crippen molar-refractivity contribution < 1.29 is 5.32 Å². The number of likely N-dealkylation sites (N-methyl/N-ethyl adjacent to an activating group) is 1. The van der Waals surface area contributed by atoms with Crippen LogP contribution in [0.2, 0.25) is 0 Å². The number of nitrogens with one attached hydrogen (secondary N) is 2. The van der Waals surface area contributed by atoms with Crippen molar-refractivity contribution in [3.63, 3.8) is 0 Å². The molecule has 4 aromatic rings. The third-order valence-electron chi connectivity index (χ3n) is 5.09. The Labute approximate surface area is 162 Å². The normalized spacial score (nSPS) is 13.3. The number of fused-ring (bicyclic) bond motifs is 3. The molecule has 1 atom stereocenters. The first-order chi connectivity index (χ1) is 13.6. The van der Waals surface area contributed by atoms with Gasteiger partial charge in [0.15, 0.2) is 0 Å². The van der Waals surface area contributed by atoms with Gasteiger partial charge in [0.05, 0.1) is 41.5 Å². The van der Waals surface area contributed by atoms with E-state index in [0.717, 1.165) is 38.8 Å². The smallest absolute Gasteiger partial charge is 0.321 e. The third kappa shape index (κ3) is 3.02. The molecular formula is C22H24N5O+. The van der Waals surface area contributed by atoms with Crippen molar-refractivity contribution in [3.05, 3.63) is 71.4 Å². The van der Waals surface area contributed by atoms with Crippen LogP contribution in [-0.2, 0) is 0 Å². The van der Waals surface area contributed by atoms with E-state index in [1.807, 2.05) is 56.8 Å². The zero-order valence-electron chi connectivity index (χ0n) is 16.2. The summed E-state index contributed by atoms with van der Waals surface area (Å²) in [6, 6.07) is 16.4. The van der Waals surface area contributed by atoms with Crippen LogP contribution in [0.3, 0.4) is 0 Å². The Kier molecular flexibility index (Phi) is 4.81. The first kappa shape index (κ1) is 18.2. The Balaban J connectivity index is 2.06. The van der Waals surface area contributed by atoms with Crippen LogP contribution < -0.4 is 16.3 Å². The van der Waals surface area contributed by atoms with Crippen molar-refractivity contribution >= 4 is 27.6 Å². The summed E-state index contributed by atoms with van der Waals surface area (Å²) in [4.78, 5) is 20.4. The van der Waals surface area contributed by atoms with Crippen molar-refractivity contribution in [2.75, 3.05) is 14.1 Å². The maximum Gasteiger partial charge on any atom is 0.331 e. The fourth-order valence-corrected chi connectivity index (χ4v) is 3.57. The second kappa shape index (κ2) is 7.42. The molecule has 6 nitrogen and oxygen atoms in total. The minimum atomic E-state index is -0.162. The van der Waals surface area contributed by atoms with Gasteiger partial charge in [-0.25, -0.2) is 4.79 Å². The standard InChI is InChI=1S/C22H23N5O/c1-14(24-3)20(13-23-2)27-21-17-11-16(15-7-5-4-6-8-15)9-10-18(17)25-12-19(21)26-22(27)28/h4-14,23-24H,1-3H3,(H,26,28)/p+1.